The van der Waals surface area contributed by atoms with Crippen molar-refractivity contribution in [3.63, 3.8) is 0 Å². The molecule has 0 spiro atoms. The Balaban J connectivity index is 2.10. The van der Waals surface area contributed by atoms with E-state index in [-0.39, 0.29) is 5.69 Å². The van der Waals surface area contributed by atoms with Crippen LogP contribution in [0.3, 0.4) is 0 Å². The Morgan fingerprint density at radius 3 is 2.64 bits per heavy atom. The summed E-state index contributed by atoms with van der Waals surface area (Å²) in [6.07, 6.45) is 4.76. The number of hydrogen-bond donors (Lipinski definition) is 1. The maximum absolute atomic E-state index is 13.3. The summed E-state index contributed by atoms with van der Waals surface area (Å²) in [4.78, 5) is 11.9. The first-order valence-electron chi connectivity index (χ1n) is 6.94. The smallest absolute Gasteiger partial charge is 0.260 e. The first-order chi connectivity index (χ1) is 10.4. The molecular weight excluding hydrogens is 309 g/mol. The van der Waals surface area contributed by atoms with Crippen LogP contribution in [0.2, 0.25) is 0 Å². The van der Waals surface area contributed by atoms with Gasteiger partial charge in [-0.2, -0.15) is 5.10 Å². The number of nitrogens with one attached hydrogen (secondary N) is 1. The minimum absolute atomic E-state index is 0.103. The minimum Gasteiger partial charge on any atom is -0.271 e. The molecule has 1 aliphatic rings. The van der Waals surface area contributed by atoms with E-state index in [2.05, 4.69) is 10.5 Å². The normalized spacial score (nSPS) is 14.7. The van der Waals surface area contributed by atoms with Crippen molar-refractivity contribution < 1.29 is 17.6 Å². The van der Waals surface area contributed by atoms with Crippen LogP contribution in [0, 0.1) is 5.82 Å². The number of carbonyl (C=O) groups is 1. The van der Waals surface area contributed by atoms with Crippen LogP contribution < -0.4 is 9.73 Å². The Bertz CT molecular complexity index is 680. The summed E-state index contributed by atoms with van der Waals surface area (Å²) in [5.41, 5.74) is 3.37. The third-order valence-corrected chi connectivity index (χ3v) is 4.44. The van der Waals surface area contributed by atoms with Crippen molar-refractivity contribution in [2.45, 2.75) is 25.7 Å². The molecule has 1 amide bonds. The highest BCUT2D eigenvalue weighted by Gasteiger charge is 2.21. The van der Waals surface area contributed by atoms with Gasteiger partial charge in [-0.15, -0.1) is 0 Å². The summed E-state index contributed by atoms with van der Waals surface area (Å²) in [7, 11) is -3.71. The van der Waals surface area contributed by atoms with Crippen LogP contribution in [0.15, 0.2) is 29.4 Å². The largest absolute Gasteiger partial charge is 0.271 e. The van der Waals surface area contributed by atoms with Crippen molar-refractivity contribution in [1.29, 1.82) is 0 Å². The molecule has 120 valence electrons. The number of anilines is 1. The summed E-state index contributed by atoms with van der Waals surface area (Å²) < 4.78 is 37.8. The van der Waals surface area contributed by atoms with Crippen LogP contribution in [0.5, 0.6) is 0 Å². The van der Waals surface area contributed by atoms with E-state index in [1.54, 1.807) is 0 Å². The van der Waals surface area contributed by atoms with E-state index < -0.39 is 28.3 Å². The Hall–Kier alpha value is -1.96. The fraction of sp³-hybridized carbons (Fsp3) is 0.429. The van der Waals surface area contributed by atoms with Crippen molar-refractivity contribution in [1.82, 2.24) is 5.43 Å². The molecule has 22 heavy (non-hydrogen) atoms. The van der Waals surface area contributed by atoms with Crippen molar-refractivity contribution >= 4 is 27.3 Å². The number of rotatable bonds is 5. The van der Waals surface area contributed by atoms with Crippen LogP contribution in [0.25, 0.3) is 0 Å². The van der Waals surface area contributed by atoms with Gasteiger partial charge in [0.25, 0.3) is 5.91 Å². The number of halogens is 1. The van der Waals surface area contributed by atoms with E-state index in [4.69, 9.17) is 0 Å². The van der Waals surface area contributed by atoms with E-state index in [0.29, 0.717) is 0 Å². The second kappa shape index (κ2) is 6.87. The third-order valence-electron chi connectivity index (χ3n) is 3.30. The highest BCUT2D eigenvalue weighted by Crippen LogP contribution is 2.18. The van der Waals surface area contributed by atoms with Crippen LogP contribution in [0.4, 0.5) is 10.1 Å². The average Bonchev–Trinajstić information content (AvgIpc) is 2.94. The Morgan fingerprint density at radius 1 is 1.36 bits per heavy atom. The molecule has 0 radical (unpaired) electrons. The van der Waals surface area contributed by atoms with Crippen molar-refractivity contribution in [3.8, 4) is 0 Å². The number of hydrazone groups is 1. The van der Waals surface area contributed by atoms with Gasteiger partial charge in [-0.3, -0.25) is 9.10 Å². The molecule has 1 saturated carbocycles. The van der Waals surface area contributed by atoms with Crippen molar-refractivity contribution in [2.24, 2.45) is 5.10 Å². The molecule has 0 unspecified atom stereocenters. The highest BCUT2D eigenvalue weighted by atomic mass is 32.2. The second-order valence-corrected chi connectivity index (χ2v) is 7.08. The zero-order valence-corrected chi connectivity index (χ0v) is 13.1. The topological polar surface area (TPSA) is 78.8 Å². The molecule has 2 rings (SSSR count). The SMILES string of the molecule is CS(=O)(=O)N(CC(=O)NN=C1CCCC1)c1cccc(F)c1. The summed E-state index contributed by atoms with van der Waals surface area (Å²) in [6.45, 7) is -0.445. The predicted molar refractivity (Wildman–Crippen MR) is 82.6 cm³/mol. The lowest BCUT2D eigenvalue weighted by atomic mass is 10.3. The molecule has 6 nitrogen and oxygen atoms in total. The zero-order valence-electron chi connectivity index (χ0n) is 12.3. The van der Waals surface area contributed by atoms with E-state index in [9.17, 15) is 17.6 Å². The summed E-state index contributed by atoms with van der Waals surface area (Å²) in [5.74, 6) is -1.13. The molecule has 1 aromatic rings. The minimum atomic E-state index is -3.71. The zero-order chi connectivity index (χ0) is 16.2. The first-order valence-corrected chi connectivity index (χ1v) is 8.78. The van der Waals surface area contributed by atoms with Gasteiger partial charge in [0.2, 0.25) is 10.0 Å². The molecule has 0 saturated heterocycles. The fourth-order valence-electron chi connectivity index (χ4n) is 2.23. The van der Waals surface area contributed by atoms with Crippen molar-refractivity contribution in [2.75, 3.05) is 17.1 Å². The van der Waals surface area contributed by atoms with Gasteiger partial charge in [-0.05, 0) is 43.9 Å². The molecule has 1 fully saturated rings. The summed E-state index contributed by atoms with van der Waals surface area (Å²) in [5, 5.41) is 3.99. The Labute approximate surface area is 129 Å². The van der Waals surface area contributed by atoms with Gasteiger partial charge in [0.1, 0.15) is 12.4 Å². The van der Waals surface area contributed by atoms with E-state index in [0.717, 1.165) is 48.0 Å². The molecule has 8 heteroatoms. The van der Waals surface area contributed by atoms with Gasteiger partial charge in [-0.1, -0.05) is 6.07 Å². The molecule has 1 N–H and O–H groups in total. The molecule has 0 heterocycles. The molecule has 1 aromatic carbocycles. The molecule has 1 aliphatic carbocycles. The van der Waals surface area contributed by atoms with E-state index >= 15 is 0 Å². The highest BCUT2D eigenvalue weighted by molar-refractivity contribution is 7.92. The quantitative estimate of drug-likeness (QED) is 0.835. The molecular formula is C14H18FN3O3S. The summed E-state index contributed by atoms with van der Waals surface area (Å²) in [6, 6.07) is 5.09. The average molecular weight is 327 g/mol. The Morgan fingerprint density at radius 2 is 2.05 bits per heavy atom. The number of benzene rings is 1. The number of carbonyl (C=O) groups excluding carboxylic acids is 1. The monoisotopic (exact) mass is 327 g/mol. The van der Waals surface area contributed by atoms with E-state index in [1.165, 1.54) is 18.2 Å². The van der Waals surface area contributed by atoms with Crippen LogP contribution >= 0.6 is 0 Å². The first kappa shape index (κ1) is 16.4. The lowest BCUT2D eigenvalue weighted by Crippen LogP contribution is -2.39. The van der Waals surface area contributed by atoms with Gasteiger partial charge in [-0.25, -0.2) is 18.2 Å². The predicted octanol–water partition coefficient (Wildman–Crippen LogP) is 1.64. The summed E-state index contributed by atoms with van der Waals surface area (Å²) >= 11 is 0. The number of amides is 1. The van der Waals surface area contributed by atoms with E-state index in [1.807, 2.05) is 0 Å². The van der Waals surface area contributed by atoms with Gasteiger partial charge in [0.05, 0.1) is 11.9 Å². The van der Waals surface area contributed by atoms with Gasteiger partial charge in [0, 0.05) is 5.71 Å². The van der Waals surface area contributed by atoms with Gasteiger partial charge < -0.3 is 0 Å². The molecule has 0 aromatic heterocycles. The fourth-order valence-corrected chi connectivity index (χ4v) is 3.08. The van der Waals surface area contributed by atoms with Gasteiger partial charge >= 0.3 is 0 Å². The Kier molecular flexibility index (Phi) is 5.12. The van der Waals surface area contributed by atoms with Crippen LogP contribution in [-0.2, 0) is 14.8 Å². The van der Waals surface area contributed by atoms with Gasteiger partial charge in [0.15, 0.2) is 0 Å². The van der Waals surface area contributed by atoms with Crippen molar-refractivity contribution in [3.05, 3.63) is 30.1 Å². The lowest BCUT2D eigenvalue weighted by molar-refractivity contribution is -0.119. The number of hydrogen-bond acceptors (Lipinski definition) is 4. The van der Waals surface area contributed by atoms with Crippen LogP contribution in [-0.4, -0.2) is 32.8 Å². The lowest BCUT2D eigenvalue weighted by Gasteiger charge is -2.21. The number of nitrogens with zero attached hydrogens (tertiary/aromatic N) is 2. The molecule has 0 atom stereocenters. The second-order valence-electron chi connectivity index (χ2n) is 5.17. The molecule has 0 aliphatic heterocycles. The maximum atomic E-state index is 13.3. The molecule has 0 bridgehead atoms. The number of sulfonamides is 1. The standard InChI is InChI=1S/C14H18FN3O3S/c1-22(20,21)18(13-8-4-5-11(15)9-13)10-14(19)17-16-12-6-2-3-7-12/h4-5,8-9H,2-3,6-7,10H2,1H3,(H,17,19). The van der Waals surface area contributed by atoms with Crippen LogP contribution in [0.1, 0.15) is 25.7 Å². The third kappa shape index (κ3) is 4.52. The maximum Gasteiger partial charge on any atom is 0.260 e.